The van der Waals surface area contributed by atoms with Crippen LogP contribution in [0, 0.1) is 0 Å². The van der Waals surface area contributed by atoms with Crippen molar-refractivity contribution in [3.05, 3.63) is 0 Å². The van der Waals surface area contributed by atoms with Gasteiger partial charge in [0.2, 0.25) is 5.91 Å². The molecule has 0 aromatic rings. The molecule has 3 atom stereocenters. The molecule has 0 spiro atoms. The quantitative estimate of drug-likeness (QED) is 0.0485. The third-order valence-corrected chi connectivity index (χ3v) is 10.4. The summed E-state index contributed by atoms with van der Waals surface area (Å²) in [6.45, 7) is 4.28. The predicted octanol–water partition coefficient (Wildman–Crippen LogP) is 12.3. The summed E-state index contributed by atoms with van der Waals surface area (Å²) in [5.41, 5.74) is 0. The topological polar surface area (TPSA) is 89.8 Å². The molecule has 0 heterocycles. The molecule has 5 heteroatoms. The van der Waals surface area contributed by atoms with Gasteiger partial charge < -0.3 is 20.6 Å². The van der Waals surface area contributed by atoms with Gasteiger partial charge in [0.15, 0.2) is 0 Å². The van der Waals surface area contributed by atoms with Gasteiger partial charge in [0.05, 0.1) is 31.3 Å². The monoisotopic (exact) mass is 682 g/mol. The normalized spacial score (nSPS) is 13.5. The van der Waals surface area contributed by atoms with Crippen LogP contribution in [0.15, 0.2) is 0 Å². The molecule has 4 N–H and O–H groups in total. The van der Waals surface area contributed by atoms with Crippen molar-refractivity contribution in [1.82, 2.24) is 5.32 Å². The smallest absolute Gasteiger partial charge is 0.222 e. The van der Waals surface area contributed by atoms with E-state index in [1.807, 2.05) is 0 Å². The van der Waals surface area contributed by atoms with E-state index in [2.05, 4.69) is 19.2 Å². The van der Waals surface area contributed by atoms with E-state index in [0.29, 0.717) is 12.8 Å². The van der Waals surface area contributed by atoms with Gasteiger partial charge in [-0.25, -0.2) is 0 Å². The standard InChI is InChI=1S/C43H87NO4/c1-3-5-7-9-11-13-15-17-18-19-20-21-22-23-25-27-29-31-33-35-37-42(47)41(39-45)44-43(48)38-40(46)36-34-32-30-28-26-24-16-14-12-10-8-6-4-2/h40-42,45-47H,3-39H2,1-2H3,(H,44,48). The summed E-state index contributed by atoms with van der Waals surface area (Å²) in [6.07, 6.45) is 43.5. The average molecular weight is 682 g/mol. The molecule has 0 fully saturated rings. The highest BCUT2D eigenvalue weighted by Crippen LogP contribution is 2.17. The van der Waals surface area contributed by atoms with Gasteiger partial charge in [-0.3, -0.25) is 4.79 Å². The van der Waals surface area contributed by atoms with Crippen LogP contribution in [0.1, 0.15) is 245 Å². The van der Waals surface area contributed by atoms with E-state index in [1.54, 1.807) is 0 Å². The molecule has 0 aliphatic rings. The molecule has 0 rings (SSSR count). The molecule has 0 aliphatic carbocycles. The van der Waals surface area contributed by atoms with Crippen molar-refractivity contribution >= 4 is 5.91 Å². The lowest BCUT2D eigenvalue weighted by molar-refractivity contribution is -0.125. The zero-order chi connectivity index (χ0) is 35.2. The van der Waals surface area contributed by atoms with Crippen LogP contribution in [-0.2, 0) is 4.79 Å². The van der Waals surface area contributed by atoms with Crippen LogP contribution in [-0.4, -0.2) is 46.1 Å². The SMILES string of the molecule is CCCCCCCCCCCCCCCCCCCCCCC(O)C(CO)NC(=O)CC(O)CCCCCCCCCCCCCCC. The number of amides is 1. The minimum Gasteiger partial charge on any atom is -0.394 e. The number of hydrogen-bond acceptors (Lipinski definition) is 4. The van der Waals surface area contributed by atoms with Gasteiger partial charge in [0.25, 0.3) is 0 Å². The Labute approximate surface area is 300 Å². The number of aliphatic hydroxyl groups excluding tert-OH is 3. The first kappa shape index (κ1) is 47.4. The second kappa shape index (κ2) is 39.1. The van der Waals surface area contributed by atoms with Crippen LogP contribution in [0.3, 0.4) is 0 Å². The average Bonchev–Trinajstić information content (AvgIpc) is 3.08. The number of rotatable bonds is 40. The number of carbonyl (C=O) groups is 1. The molecular formula is C43H87NO4. The Morgan fingerprint density at radius 3 is 1.00 bits per heavy atom. The summed E-state index contributed by atoms with van der Waals surface area (Å²) >= 11 is 0. The Hall–Kier alpha value is -0.650. The number of hydrogen-bond donors (Lipinski definition) is 4. The van der Waals surface area contributed by atoms with Crippen molar-refractivity contribution in [3.8, 4) is 0 Å². The highest BCUT2D eigenvalue weighted by atomic mass is 16.3. The number of unbranched alkanes of at least 4 members (excludes halogenated alkanes) is 31. The maximum atomic E-state index is 12.4. The van der Waals surface area contributed by atoms with Crippen molar-refractivity contribution in [2.75, 3.05) is 6.61 Å². The molecule has 0 saturated heterocycles. The maximum absolute atomic E-state index is 12.4. The van der Waals surface area contributed by atoms with E-state index in [-0.39, 0.29) is 18.9 Å². The third kappa shape index (κ3) is 35.2. The molecule has 288 valence electrons. The lowest BCUT2D eigenvalue weighted by atomic mass is 10.0. The van der Waals surface area contributed by atoms with Crippen LogP contribution in [0.2, 0.25) is 0 Å². The van der Waals surface area contributed by atoms with Gasteiger partial charge in [-0.2, -0.15) is 0 Å². The second-order valence-electron chi connectivity index (χ2n) is 15.3. The molecule has 0 radical (unpaired) electrons. The summed E-state index contributed by atoms with van der Waals surface area (Å²) < 4.78 is 0. The van der Waals surface area contributed by atoms with Crippen LogP contribution in [0.4, 0.5) is 0 Å². The largest absolute Gasteiger partial charge is 0.394 e. The first-order valence-electron chi connectivity index (χ1n) is 21.8. The van der Waals surface area contributed by atoms with Crippen LogP contribution in [0.5, 0.6) is 0 Å². The summed E-state index contributed by atoms with van der Waals surface area (Å²) in [5, 5.41) is 33.4. The molecule has 0 aromatic carbocycles. The van der Waals surface area contributed by atoms with Gasteiger partial charge in [-0.1, -0.05) is 226 Å². The molecular weight excluding hydrogens is 594 g/mol. The Bertz CT molecular complexity index is 630. The fourth-order valence-corrected chi connectivity index (χ4v) is 7.05. The van der Waals surface area contributed by atoms with Crippen molar-refractivity contribution in [2.45, 2.75) is 263 Å². The fraction of sp³-hybridized carbons (Fsp3) is 0.977. The number of aliphatic hydroxyl groups is 3. The van der Waals surface area contributed by atoms with Gasteiger partial charge >= 0.3 is 0 Å². The van der Waals surface area contributed by atoms with Crippen LogP contribution in [0.25, 0.3) is 0 Å². The Morgan fingerprint density at radius 1 is 0.438 bits per heavy atom. The zero-order valence-electron chi connectivity index (χ0n) is 32.6. The van der Waals surface area contributed by atoms with Gasteiger partial charge in [0, 0.05) is 0 Å². The molecule has 0 saturated carbocycles. The Morgan fingerprint density at radius 2 is 0.708 bits per heavy atom. The molecule has 0 aromatic heterocycles. The molecule has 0 bridgehead atoms. The van der Waals surface area contributed by atoms with E-state index in [4.69, 9.17) is 0 Å². The minimum atomic E-state index is -0.743. The zero-order valence-corrected chi connectivity index (χ0v) is 32.6. The fourth-order valence-electron chi connectivity index (χ4n) is 7.05. The van der Waals surface area contributed by atoms with Crippen molar-refractivity contribution in [3.63, 3.8) is 0 Å². The predicted molar refractivity (Wildman–Crippen MR) is 209 cm³/mol. The van der Waals surface area contributed by atoms with E-state index in [0.717, 1.165) is 25.7 Å². The van der Waals surface area contributed by atoms with E-state index in [1.165, 1.54) is 186 Å². The third-order valence-electron chi connectivity index (χ3n) is 10.4. The molecule has 0 aliphatic heterocycles. The summed E-state index contributed by atoms with van der Waals surface area (Å²) in [4.78, 5) is 12.4. The van der Waals surface area contributed by atoms with Crippen LogP contribution >= 0.6 is 0 Å². The molecule has 48 heavy (non-hydrogen) atoms. The summed E-state index contributed by atoms with van der Waals surface area (Å²) in [5.74, 6) is -0.279. The van der Waals surface area contributed by atoms with Gasteiger partial charge in [0.1, 0.15) is 0 Å². The van der Waals surface area contributed by atoms with E-state index < -0.39 is 18.2 Å². The lowest BCUT2D eigenvalue weighted by Crippen LogP contribution is -2.46. The number of carbonyl (C=O) groups excluding carboxylic acids is 1. The first-order chi connectivity index (χ1) is 23.5. The van der Waals surface area contributed by atoms with E-state index in [9.17, 15) is 20.1 Å². The minimum absolute atomic E-state index is 0.0424. The van der Waals surface area contributed by atoms with E-state index >= 15 is 0 Å². The lowest BCUT2D eigenvalue weighted by Gasteiger charge is -2.23. The van der Waals surface area contributed by atoms with Crippen LogP contribution < -0.4 is 5.32 Å². The van der Waals surface area contributed by atoms with Crippen molar-refractivity contribution in [1.29, 1.82) is 0 Å². The van der Waals surface area contributed by atoms with Gasteiger partial charge in [-0.05, 0) is 12.8 Å². The van der Waals surface area contributed by atoms with Gasteiger partial charge in [-0.15, -0.1) is 0 Å². The summed E-state index contributed by atoms with van der Waals surface area (Å²) in [7, 11) is 0. The second-order valence-corrected chi connectivity index (χ2v) is 15.3. The Balaban J connectivity index is 3.57. The Kier molecular flexibility index (Phi) is 38.6. The highest BCUT2D eigenvalue weighted by molar-refractivity contribution is 5.76. The first-order valence-corrected chi connectivity index (χ1v) is 21.8. The number of nitrogens with one attached hydrogen (secondary N) is 1. The maximum Gasteiger partial charge on any atom is 0.222 e. The molecule has 1 amide bonds. The molecule has 5 nitrogen and oxygen atoms in total. The van der Waals surface area contributed by atoms with Crippen molar-refractivity contribution < 1.29 is 20.1 Å². The molecule has 3 unspecified atom stereocenters. The van der Waals surface area contributed by atoms with Crippen molar-refractivity contribution in [2.24, 2.45) is 0 Å². The summed E-state index contributed by atoms with van der Waals surface area (Å²) in [6, 6.07) is -0.652. The highest BCUT2D eigenvalue weighted by Gasteiger charge is 2.21.